The van der Waals surface area contributed by atoms with Crippen molar-refractivity contribution in [3.8, 4) is 0 Å². The molecular formula is C15H23F3N2. The Kier molecular flexibility index (Phi) is 5.59. The summed E-state index contributed by atoms with van der Waals surface area (Å²) >= 11 is 0. The van der Waals surface area contributed by atoms with Gasteiger partial charge in [0.05, 0.1) is 5.56 Å². The van der Waals surface area contributed by atoms with Crippen LogP contribution in [0.3, 0.4) is 0 Å². The highest BCUT2D eigenvalue weighted by Gasteiger charge is 2.36. The second-order valence-electron chi connectivity index (χ2n) is 5.49. The summed E-state index contributed by atoms with van der Waals surface area (Å²) in [5, 5.41) is 0. The molecule has 114 valence electrons. The van der Waals surface area contributed by atoms with Gasteiger partial charge in [0.1, 0.15) is 0 Å². The summed E-state index contributed by atoms with van der Waals surface area (Å²) < 4.78 is 39.3. The molecule has 0 aliphatic heterocycles. The molecule has 0 aliphatic carbocycles. The molecular weight excluding hydrogens is 265 g/mol. The van der Waals surface area contributed by atoms with Crippen molar-refractivity contribution in [1.82, 2.24) is 4.90 Å². The van der Waals surface area contributed by atoms with Gasteiger partial charge >= 0.3 is 6.18 Å². The van der Waals surface area contributed by atoms with Crippen LogP contribution in [-0.2, 0) is 6.18 Å². The number of benzene rings is 1. The van der Waals surface area contributed by atoms with E-state index in [1.165, 1.54) is 12.1 Å². The molecule has 0 fully saturated rings. The average Bonchev–Trinajstić information content (AvgIpc) is 2.37. The van der Waals surface area contributed by atoms with E-state index in [4.69, 9.17) is 5.73 Å². The third-order valence-corrected chi connectivity index (χ3v) is 3.95. The third-order valence-electron chi connectivity index (χ3n) is 3.95. The van der Waals surface area contributed by atoms with Gasteiger partial charge in [-0.15, -0.1) is 0 Å². The van der Waals surface area contributed by atoms with Crippen LogP contribution in [0.15, 0.2) is 24.3 Å². The van der Waals surface area contributed by atoms with Crippen LogP contribution in [0, 0.1) is 5.92 Å². The van der Waals surface area contributed by atoms with Crippen molar-refractivity contribution in [2.45, 2.75) is 39.0 Å². The lowest BCUT2D eigenvalue weighted by atomic mass is 9.95. The maximum absolute atomic E-state index is 13.1. The summed E-state index contributed by atoms with van der Waals surface area (Å²) in [7, 11) is 1.83. The van der Waals surface area contributed by atoms with Crippen molar-refractivity contribution in [2.75, 3.05) is 13.6 Å². The van der Waals surface area contributed by atoms with Crippen LogP contribution in [0.25, 0.3) is 0 Å². The standard InChI is InChI=1S/C15H23F3N2/c1-10(2)11(3)20(4)14(9-19)12-7-5-6-8-13(12)15(16,17)18/h5-8,10-11,14H,9,19H2,1-4H3. The maximum atomic E-state index is 13.1. The molecule has 0 amide bonds. The van der Waals surface area contributed by atoms with Gasteiger partial charge in [0, 0.05) is 18.6 Å². The molecule has 0 saturated heterocycles. The van der Waals surface area contributed by atoms with Crippen LogP contribution in [0.5, 0.6) is 0 Å². The SMILES string of the molecule is CC(C)C(C)N(C)C(CN)c1ccccc1C(F)(F)F. The van der Waals surface area contributed by atoms with Gasteiger partial charge in [0.2, 0.25) is 0 Å². The molecule has 0 aromatic heterocycles. The first kappa shape index (κ1) is 17.0. The van der Waals surface area contributed by atoms with E-state index in [0.29, 0.717) is 5.92 Å². The smallest absolute Gasteiger partial charge is 0.329 e. The Morgan fingerprint density at radius 3 is 2.15 bits per heavy atom. The molecule has 2 atom stereocenters. The Morgan fingerprint density at radius 1 is 1.15 bits per heavy atom. The lowest BCUT2D eigenvalue weighted by Crippen LogP contribution is -2.40. The number of rotatable bonds is 5. The molecule has 5 heteroatoms. The van der Waals surface area contributed by atoms with Crippen molar-refractivity contribution in [2.24, 2.45) is 11.7 Å². The van der Waals surface area contributed by atoms with Crippen LogP contribution in [0.4, 0.5) is 13.2 Å². The van der Waals surface area contributed by atoms with Gasteiger partial charge in [0.25, 0.3) is 0 Å². The molecule has 0 saturated carbocycles. The molecule has 1 rings (SSSR count). The molecule has 1 aromatic carbocycles. The van der Waals surface area contributed by atoms with Gasteiger partial charge < -0.3 is 5.73 Å². The highest BCUT2D eigenvalue weighted by molar-refractivity contribution is 5.32. The summed E-state index contributed by atoms with van der Waals surface area (Å²) in [6.07, 6.45) is -4.36. The second kappa shape index (κ2) is 6.59. The van der Waals surface area contributed by atoms with Crippen LogP contribution in [-0.4, -0.2) is 24.5 Å². The zero-order valence-corrected chi connectivity index (χ0v) is 12.4. The topological polar surface area (TPSA) is 29.3 Å². The summed E-state index contributed by atoms with van der Waals surface area (Å²) in [5.74, 6) is 0.340. The second-order valence-corrected chi connectivity index (χ2v) is 5.49. The van der Waals surface area contributed by atoms with Crippen LogP contribution in [0.1, 0.15) is 37.9 Å². The first-order valence-corrected chi connectivity index (χ1v) is 6.78. The van der Waals surface area contributed by atoms with Crippen molar-refractivity contribution < 1.29 is 13.2 Å². The predicted molar refractivity (Wildman–Crippen MR) is 75.3 cm³/mol. The minimum atomic E-state index is -4.36. The van der Waals surface area contributed by atoms with Crippen molar-refractivity contribution >= 4 is 0 Å². The summed E-state index contributed by atoms with van der Waals surface area (Å²) in [4.78, 5) is 1.93. The average molecular weight is 288 g/mol. The fourth-order valence-electron chi connectivity index (χ4n) is 2.31. The molecule has 0 spiro atoms. The van der Waals surface area contributed by atoms with Gasteiger partial charge in [-0.05, 0) is 31.5 Å². The summed E-state index contributed by atoms with van der Waals surface area (Å²) in [5.41, 5.74) is 5.40. The number of halogens is 3. The van der Waals surface area contributed by atoms with E-state index in [2.05, 4.69) is 0 Å². The quantitative estimate of drug-likeness (QED) is 0.895. The van der Waals surface area contributed by atoms with Crippen molar-refractivity contribution in [3.05, 3.63) is 35.4 Å². The molecule has 1 aromatic rings. The van der Waals surface area contributed by atoms with Gasteiger partial charge in [0.15, 0.2) is 0 Å². The monoisotopic (exact) mass is 288 g/mol. The third kappa shape index (κ3) is 3.73. The van der Waals surface area contributed by atoms with Gasteiger partial charge in [-0.1, -0.05) is 32.0 Å². The molecule has 20 heavy (non-hydrogen) atoms. The number of hydrogen-bond donors (Lipinski definition) is 1. The Hall–Kier alpha value is -1.07. The van der Waals surface area contributed by atoms with E-state index in [9.17, 15) is 13.2 Å². The van der Waals surface area contributed by atoms with Crippen molar-refractivity contribution in [3.63, 3.8) is 0 Å². The Labute approximate surface area is 118 Å². The molecule has 2 unspecified atom stereocenters. The number of hydrogen-bond acceptors (Lipinski definition) is 2. The van der Waals surface area contributed by atoms with Gasteiger partial charge in [-0.2, -0.15) is 13.2 Å². The number of nitrogens with zero attached hydrogens (tertiary/aromatic N) is 1. The van der Waals surface area contributed by atoms with Crippen LogP contribution < -0.4 is 5.73 Å². The van der Waals surface area contributed by atoms with E-state index in [1.54, 1.807) is 6.07 Å². The first-order chi connectivity index (χ1) is 9.20. The summed E-state index contributed by atoms with van der Waals surface area (Å²) in [6, 6.07) is 5.37. The lowest BCUT2D eigenvalue weighted by molar-refractivity contribution is -0.138. The van der Waals surface area contributed by atoms with Gasteiger partial charge in [-0.3, -0.25) is 4.90 Å². The van der Waals surface area contributed by atoms with Crippen molar-refractivity contribution in [1.29, 1.82) is 0 Å². The maximum Gasteiger partial charge on any atom is 0.416 e. The fourth-order valence-corrected chi connectivity index (χ4v) is 2.31. The van der Waals surface area contributed by atoms with Crippen LogP contribution >= 0.6 is 0 Å². The van der Waals surface area contributed by atoms with Crippen LogP contribution in [0.2, 0.25) is 0 Å². The predicted octanol–water partition coefficient (Wildman–Crippen LogP) is 3.68. The Bertz CT molecular complexity index is 429. The van der Waals surface area contributed by atoms with E-state index >= 15 is 0 Å². The molecule has 0 heterocycles. The molecule has 0 aliphatic rings. The first-order valence-electron chi connectivity index (χ1n) is 6.78. The molecule has 2 nitrogen and oxygen atoms in total. The van der Waals surface area contributed by atoms with E-state index in [1.807, 2.05) is 32.7 Å². The number of nitrogens with two attached hydrogens (primary N) is 1. The van der Waals surface area contributed by atoms with E-state index in [-0.39, 0.29) is 18.2 Å². The minimum absolute atomic E-state index is 0.143. The Morgan fingerprint density at radius 2 is 1.70 bits per heavy atom. The fraction of sp³-hybridized carbons (Fsp3) is 0.600. The summed E-state index contributed by atoms with van der Waals surface area (Å²) in [6.45, 7) is 6.25. The molecule has 2 N–H and O–H groups in total. The highest BCUT2D eigenvalue weighted by atomic mass is 19.4. The van der Waals surface area contributed by atoms with E-state index in [0.717, 1.165) is 6.07 Å². The number of likely N-dealkylation sites (N-methyl/N-ethyl adjacent to an activating group) is 1. The molecule has 0 radical (unpaired) electrons. The zero-order valence-electron chi connectivity index (χ0n) is 12.4. The molecule has 0 bridgehead atoms. The highest BCUT2D eigenvalue weighted by Crippen LogP contribution is 2.36. The zero-order chi connectivity index (χ0) is 15.5. The van der Waals surface area contributed by atoms with Gasteiger partial charge in [-0.25, -0.2) is 0 Å². The Balaban J connectivity index is 3.20. The minimum Gasteiger partial charge on any atom is -0.329 e. The number of alkyl halides is 3. The van der Waals surface area contributed by atoms with E-state index < -0.39 is 17.8 Å². The lowest BCUT2D eigenvalue weighted by Gasteiger charge is -2.36. The normalized spacial score (nSPS) is 15.7. The largest absolute Gasteiger partial charge is 0.416 e.